The third-order valence-corrected chi connectivity index (χ3v) is 6.48. The second-order valence-electron chi connectivity index (χ2n) is 6.52. The maximum atomic E-state index is 13.3. The van der Waals surface area contributed by atoms with Crippen LogP contribution in [0.4, 0.5) is 5.69 Å². The van der Waals surface area contributed by atoms with Gasteiger partial charge in [0.15, 0.2) is 17.3 Å². The molecule has 3 rings (SSSR count). The number of carbonyl (C=O) groups is 1. The summed E-state index contributed by atoms with van der Waals surface area (Å²) in [6, 6.07) is 5.00. The van der Waals surface area contributed by atoms with Gasteiger partial charge in [-0.3, -0.25) is 13.7 Å². The number of methoxy groups -OCH3 is 2. The Morgan fingerprint density at radius 3 is 2.57 bits per heavy atom. The fourth-order valence-corrected chi connectivity index (χ4v) is 4.90. The van der Waals surface area contributed by atoms with Crippen LogP contribution in [0, 0.1) is 0 Å². The number of rotatable bonds is 5. The lowest BCUT2D eigenvalue weighted by atomic mass is 9.88. The highest BCUT2D eigenvalue weighted by molar-refractivity contribution is 9.10. The van der Waals surface area contributed by atoms with E-state index < -0.39 is 6.04 Å². The molecule has 2 unspecified atom stereocenters. The molecule has 1 aliphatic heterocycles. The Bertz CT molecular complexity index is 852. The summed E-state index contributed by atoms with van der Waals surface area (Å²) in [7, 11) is 7.17. The van der Waals surface area contributed by atoms with Crippen molar-refractivity contribution in [2.24, 2.45) is 0 Å². The second-order valence-corrected chi connectivity index (χ2v) is 8.08. The zero-order valence-electron chi connectivity index (χ0n) is 16.0. The highest BCUT2D eigenvalue weighted by Crippen LogP contribution is 2.48. The van der Waals surface area contributed by atoms with Crippen LogP contribution in [0.5, 0.6) is 11.5 Å². The molecular weight excluding hydrogens is 513 g/mol. The van der Waals surface area contributed by atoms with Gasteiger partial charge in [-0.1, -0.05) is 0 Å². The Morgan fingerprint density at radius 1 is 1.32 bits per heavy atom. The number of ketones is 1. The summed E-state index contributed by atoms with van der Waals surface area (Å²) in [6.07, 6.45) is 3.95. The van der Waals surface area contributed by atoms with E-state index in [2.05, 4.69) is 42.0 Å². The number of halogens is 3. The van der Waals surface area contributed by atoms with Crippen molar-refractivity contribution in [1.29, 1.82) is 0 Å². The summed E-state index contributed by atoms with van der Waals surface area (Å²) < 4.78 is 13.7. The van der Waals surface area contributed by atoms with Crippen LogP contribution < -0.4 is 13.4 Å². The van der Waals surface area contributed by atoms with Crippen molar-refractivity contribution in [1.82, 2.24) is 9.88 Å². The van der Waals surface area contributed by atoms with Crippen molar-refractivity contribution in [3.8, 4) is 11.5 Å². The number of ether oxygens (including phenoxy) is 2. The quantitative estimate of drug-likeness (QED) is 0.424. The van der Waals surface area contributed by atoms with Crippen molar-refractivity contribution in [3.05, 3.63) is 46.2 Å². The van der Waals surface area contributed by atoms with Crippen LogP contribution in [0.1, 0.15) is 15.9 Å². The van der Waals surface area contributed by atoms with Gasteiger partial charge < -0.3 is 14.4 Å². The summed E-state index contributed by atoms with van der Waals surface area (Å²) in [5.74, 6) is 1.25. The van der Waals surface area contributed by atoms with Gasteiger partial charge in [0.05, 0.1) is 40.5 Å². The molecule has 0 saturated carbocycles. The van der Waals surface area contributed by atoms with Gasteiger partial charge in [0.2, 0.25) is 0 Å². The number of hydrogen-bond donors (Lipinski definition) is 0. The molecule has 0 aliphatic carbocycles. The van der Waals surface area contributed by atoms with Crippen LogP contribution in [-0.4, -0.2) is 56.1 Å². The number of aromatic nitrogens is 1. The molecule has 28 heavy (non-hydrogen) atoms. The Balaban J connectivity index is 0.00000280. The smallest absolute Gasteiger partial charge is 0.189 e. The van der Waals surface area contributed by atoms with Gasteiger partial charge >= 0.3 is 0 Å². The van der Waals surface area contributed by atoms with Crippen LogP contribution in [0.3, 0.4) is 0 Å². The van der Waals surface area contributed by atoms with Crippen molar-refractivity contribution < 1.29 is 14.3 Å². The predicted molar refractivity (Wildman–Crippen MR) is 119 cm³/mol. The second kappa shape index (κ2) is 9.43. The number of hydrogen-bond acceptors (Lipinski definition) is 6. The number of carbonyl (C=O) groups excluding carboxylic acids is 1. The molecule has 0 N–H and O–H groups in total. The molecule has 1 aromatic heterocycles. The topological polar surface area (TPSA) is 54.9 Å². The first-order valence-corrected chi connectivity index (χ1v) is 9.90. The Morgan fingerprint density at radius 2 is 2.04 bits per heavy atom. The number of likely N-dealkylation sites (N-methyl/N-ethyl adjacent to an activating group) is 1. The van der Waals surface area contributed by atoms with Gasteiger partial charge in [-0.05, 0) is 54.1 Å². The van der Waals surface area contributed by atoms with Gasteiger partial charge in [0.1, 0.15) is 6.04 Å². The molecule has 0 spiro atoms. The van der Waals surface area contributed by atoms with Crippen LogP contribution in [-0.2, 0) is 6.42 Å². The highest BCUT2D eigenvalue weighted by Gasteiger charge is 2.41. The Labute approximate surface area is 188 Å². The minimum atomic E-state index is -0.415. The highest BCUT2D eigenvalue weighted by atomic mass is 79.9. The Kier molecular flexibility index (Phi) is 7.73. The number of anilines is 1. The SMILES string of the molecule is COc1cc2c(c(Br)c1OC)CC(N(C)C)C(C(=O)c1cccnc1)N2Br.Cl. The van der Waals surface area contributed by atoms with E-state index in [1.165, 1.54) is 0 Å². The van der Waals surface area contributed by atoms with E-state index in [4.69, 9.17) is 9.47 Å². The van der Waals surface area contributed by atoms with E-state index in [0.717, 1.165) is 15.7 Å². The van der Waals surface area contributed by atoms with Gasteiger partial charge in [-0.2, -0.15) is 0 Å². The largest absolute Gasteiger partial charge is 0.493 e. The molecule has 9 heteroatoms. The molecule has 2 aromatic rings. The van der Waals surface area contributed by atoms with Crippen LogP contribution >= 0.6 is 44.5 Å². The fourth-order valence-electron chi connectivity index (χ4n) is 3.40. The van der Waals surface area contributed by atoms with Gasteiger partial charge in [0, 0.05) is 30.1 Å². The maximum absolute atomic E-state index is 13.3. The van der Waals surface area contributed by atoms with Crippen molar-refractivity contribution >= 4 is 56.0 Å². The molecule has 1 aromatic carbocycles. The minimum absolute atomic E-state index is 0. The first-order chi connectivity index (χ1) is 12.9. The predicted octanol–water partition coefficient (Wildman–Crippen LogP) is 4.14. The number of Topliss-reactive ketones (excluding diaryl/α,β-unsaturated/α-hetero) is 1. The van der Waals surface area contributed by atoms with Crippen LogP contribution in [0.25, 0.3) is 0 Å². The van der Waals surface area contributed by atoms with Crippen LogP contribution in [0.15, 0.2) is 35.1 Å². The lowest BCUT2D eigenvalue weighted by Gasteiger charge is -2.42. The molecule has 0 amide bonds. The minimum Gasteiger partial charge on any atom is -0.493 e. The first-order valence-electron chi connectivity index (χ1n) is 8.39. The van der Waals surface area contributed by atoms with Crippen molar-refractivity contribution in [2.75, 3.05) is 32.2 Å². The third-order valence-electron chi connectivity index (χ3n) is 4.82. The maximum Gasteiger partial charge on any atom is 0.189 e. The van der Waals surface area contributed by atoms with Gasteiger partial charge in [-0.25, -0.2) is 0 Å². The number of nitrogens with zero attached hydrogens (tertiary/aromatic N) is 3. The van der Waals surface area contributed by atoms with E-state index in [1.54, 1.807) is 38.7 Å². The average Bonchev–Trinajstić information content (AvgIpc) is 2.68. The monoisotopic (exact) mass is 533 g/mol. The van der Waals surface area contributed by atoms with E-state index in [9.17, 15) is 4.79 Å². The zero-order chi connectivity index (χ0) is 19.7. The molecule has 152 valence electrons. The molecule has 1 aliphatic rings. The summed E-state index contributed by atoms with van der Waals surface area (Å²) >= 11 is 7.31. The summed E-state index contributed by atoms with van der Waals surface area (Å²) in [4.78, 5) is 19.5. The number of pyridine rings is 1. The standard InChI is InChI=1S/C19H21Br2N3O3.ClH/c1-23(2)14-8-12-13(9-15(26-3)19(27-4)16(12)20)24(21)17(14)18(25)11-6-5-7-22-10-11;/h5-7,9-10,14,17H,8H2,1-4H3;1H. The molecular formula is C19H22Br2ClN3O3. The van der Waals surface area contributed by atoms with Gasteiger partial charge in [0.25, 0.3) is 0 Å². The third kappa shape index (κ3) is 4.01. The van der Waals surface area contributed by atoms with E-state index in [0.29, 0.717) is 23.5 Å². The number of fused-ring (bicyclic) bond motifs is 1. The lowest BCUT2D eigenvalue weighted by Crippen LogP contribution is -2.54. The zero-order valence-corrected chi connectivity index (χ0v) is 20.0. The fraction of sp³-hybridized carbons (Fsp3) is 0.368. The van der Waals surface area contributed by atoms with Gasteiger partial charge in [-0.15, -0.1) is 12.4 Å². The van der Waals surface area contributed by atoms with E-state index >= 15 is 0 Å². The molecule has 6 nitrogen and oxygen atoms in total. The molecule has 0 saturated heterocycles. The molecule has 0 bridgehead atoms. The normalized spacial score (nSPS) is 18.3. The van der Waals surface area contributed by atoms with Crippen molar-refractivity contribution in [3.63, 3.8) is 0 Å². The molecule has 0 radical (unpaired) electrons. The summed E-state index contributed by atoms with van der Waals surface area (Å²) in [5, 5.41) is 0. The van der Waals surface area contributed by atoms with E-state index in [1.807, 2.05) is 24.1 Å². The molecule has 2 heterocycles. The average molecular weight is 536 g/mol. The summed E-state index contributed by atoms with van der Waals surface area (Å²) in [6.45, 7) is 0. The van der Waals surface area contributed by atoms with Crippen molar-refractivity contribution in [2.45, 2.75) is 18.5 Å². The summed E-state index contributed by atoms with van der Waals surface area (Å²) in [5.41, 5.74) is 2.51. The first kappa shape index (κ1) is 22.9. The van der Waals surface area contributed by atoms with E-state index in [-0.39, 0.29) is 24.2 Å². The lowest BCUT2D eigenvalue weighted by molar-refractivity contribution is 0.0909. The van der Waals surface area contributed by atoms with Crippen LogP contribution in [0.2, 0.25) is 0 Å². The Hall–Kier alpha value is -1.35. The number of benzene rings is 1. The molecule has 2 atom stereocenters. The molecule has 0 fully saturated rings.